The van der Waals surface area contributed by atoms with Gasteiger partial charge in [-0.3, -0.25) is 0 Å². The molecular formula is C31H56. The molecule has 0 aromatic carbocycles. The van der Waals surface area contributed by atoms with Gasteiger partial charge in [0, 0.05) is 0 Å². The molecule has 0 nitrogen and oxygen atoms in total. The summed E-state index contributed by atoms with van der Waals surface area (Å²) in [4.78, 5) is 0. The van der Waals surface area contributed by atoms with Gasteiger partial charge >= 0.3 is 0 Å². The third-order valence-corrected chi connectivity index (χ3v) is 10.8. The summed E-state index contributed by atoms with van der Waals surface area (Å²) in [5.74, 6) is 7.86. The second-order valence-corrected chi connectivity index (χ2v) is 12.5. The summed E-state index contributed by atoms with van der Waals surface area (Å²) in [7, 11) is 0. The number of fused-ring (bicyclic) bond motifs is 2. The van der Waals surface area contributed by atoms with Gasteiger partial charge in [-0.1, -0.05) is 122 Å². The molecule has 180 valence electrons. The summed E-state index contributed by atoms with van der Waals surface area (Å²) < 4.78 is 0. The highest BCUT2D eigenvalue weighted by atomic mass is 14.5. The molecule has 0 heteroatoms. The number of hydrogen-bond donors (Lipinski definition) is 0. The average molecular weight is 429 g/mol. The summed E-state index contributed by atoms with van der Waals surface area (Å²) in [5.41, 5.74) is 0. The standard InChI is InChI=1S/C31H56/c1-2-3-4-5-6-7-8-9-22-31(29-23-14-18-25-16-10-12-20-27(25)29)30-24-15-19-26-17-11-13-21-28(26)30/h25-31H,2-24H2,1H3/t25-,26+,27-,28-,29-,30+,31?/m0/s1. The lowest BCUT2D eigenvalue weighted by atomic mass is 9.54. The molecule has 0 spiro atoms. The molecule has 0 aromatic rings. The van der Waals surface area contributed by atoms with E-state index in [1.807, 2.05) is 0 Å². The molecule has 0 saturated heterocycles. The quantitative estimate of drug-likeness (QED) is 0.287. The van der Waals surface area contributed by atoms with Gasteiger partial charge in [0.2, 0.25) is 0 Å². The highest BCUT2D eigenvalue weighted by Gasteiger charge is 2.45. The van der Waals surface area contributed by atoms with Gasteiger partial charge in [0.1, 0.15) is 0 Å². The van der Waals surface area contributed by atoms with Gasteiger partial charge in [0.15, 0.2) is 0 Å². The van der Waals surface area contributed by atoms with E-state index < -0.39 is 0 Å². The van der Waals surface area contributed by atoms with Crippen molar-refractivity contribution in [3.8, 4) is 0 Å². The second kappa shape index (κ2) is 13.0. The average Bonchev–Trinajstić information content (AvgIpc) is 2.83. The van der Waals surface area contributed by atoms with Crippen LogP contribution in [0.15, 0.2) is 0 Å². The molecular weight excluding hydrogens is 372 g/mol. The Morgan fingerprint density at radius 3 is 1.48 bits per heavy atom. The summed E-state index contributed by atoms with van der Waals surface area (Å²) in [6, 6.07) is 0. The van der Waals surface area contributed by atoms with Gasteiger partial charge in [-0.2, -0.15) is 0 Å². The fraction of sp³-hybridized carbons (Fsp3) is 1.00. The lowest BCUT2D eigenvalue weighted by Crippen LogP contribution is -2.43. The minimum Gasteiger partial charge on any atom is -0.0654 e. The predicted octanol–water partition coefficient (Wildman–Crippen LogP) is 10.3. The van der Waals surface area contributed by atoms with Crippen LogP contribution in [0, 0.1) is 41.4 Å². The lowest BCUT2D eigenvalue weighted by molar-refractivity contribution is -0.0153. The van der Waals surface area contributed by atoms with E-state index in [1.165, 1.54) is 44.9 Å². The summed E-state index contributed by atoms with van der Waals surface area (Å²) in [6.45, 7) is 2.34. The molecule has 31 heavy (non-hydrogen) atoms. The number of rotatable bonds is 11. The second-order valence-electron chi connectivity index (χ2n) is 12.5. The highest BCUT2D eigenvalue weighted by Crippen LogP contribution is 2.54. The van der Waals surface area contributed by atoms with Crippen LogP contribution in [-0.2, 0) is 0 Å². The van der Waals surface area contributed by atoms with Crippen LogP contribution in [0.5, 0.6) is 0 Å². The molecule has 4 aliphatic carbocycles. The van der Waals surface area contributed by atoms with E-state index in [0.29, 0.717) is 0 Å². The Bertz CT molecular complexity index is 442. The summed E-state index contributed by atoms with van der Waals surface area (Å²) in [5, 5.41) is 0. The van der Waals surface area contributed by atoms with Crippen molar-refractivity contribution >= 4 is 0 Å². The largest absolute Gasteiger partial charge is 0.0654 e. The van der Waals surface area contributed by atoms with Crippen LogP contribution in [0.1, 0.15) is 155 Å². The van der Waals surface area contributed by atoms with Crippen molar-refractivity contribution in [3.05, 3.63) is 0 Å². The normalized spacial score (nSPS) is 37.1. The number of unbranched alkanes of at least 4 members (excludes halogenated alkanes) is 7. The predicted molar refractivity (Wildman–Crippen MR) is 136 cm³/mol. The van der Waals surface area contributed by atoms with Gasteiger partial charge in [-0.25, -0.2) is 0 Å². The summed E-state index contributed by atoms with van der Waals surface area (Å²) >= 11 is 0. The first-order chi connectivity index (χ1) is 15.4. The maximum absolute atomic E-state index is 2.34. The molecule has 4 aliphatic rings. The van der Waals surface area contributed by atoms with Gasteiger partial charge in [0.25, 0.3) is 0 Å². The fourth-order valence-corrected chi connectivity index (χ4v) is 9.30. The van der Waals surface area contributed by atoms with Crippen molar-refractivity contribution in [1.82, 2.24) is 0 Å². The zero-order chi connectivity index (χ0) is 21.3. The molecule has 0 heterocycles. The Kier molecular flexibility index (Phi) is 10.1. The van der Waals surface area contributed by atoms with Crippen LogP contribution < -0.4 is 0 Å². The molecule has 0 aromatic heterocycles. The first-order valence-electron chi connectivity index (χ1n) is 15.4. The van der Waals surface area contributed by atoms with Crippen molar-refractivity contribution in [2.45, 2.75) is 155 Å². The van der Waals surface area contributed by atoms with E-state index in [-0.39, 0.29) is 0 Å². The Labute approximate surface area is 196 Å². The zero-order valence-electron chi connectivity index (χ0n) is 21.3. The third kappa shape index (κ3) is 6.53. The maximum atomic E-state index is 2.34. The van der Waals surface area contributed by atoms with E-state index >= 15 is 0 Å². The molecule has 0 amide bonds. The molecule has 0 radical (unpaired) electrons. The maximum Gasteiger partial charge on any atom is -0.0352 e. The van der Waals surface area contributed by atoms with Crippen LogP contribution >= 0.6 is 0 Å². The van der Waals surface area contributed by atoms with Crippen LogP contribution in [0.3, 0.4) is 0 Å². The van der Waals surface area contributed by atoms with Crippen LogP contribution in [0.25, 0.3) is 0 Å². The minimum absolute atomic E-state index is 1.11. The highest BCUT2D eigenvalue weighted by molar-refractivity contribution is 4.95. The van der Waals surface area contributed by atoms with Crippen LogP contribution in [-0.4, -0.2) is 0 Å². The van der Waals surface area contributed by atoms with E-state index in [4.69, 9.17) is 0 Å². The van der Waals surface area contributed by atoms with E-state index in [1.54, 1.807) is 103 Å². The molecule has 0 aliphatic heterocycles. The Hall–Kier alpha value is 0. The number of hydrogen-bond acceptors (Lipinski definition) is 0. The minimum atomic E-state index is 1.11. The Morgan fingerprint density at radius 1 is 0.484 bits per heavy atom. The smallest absolute Gasteiger partial charge is 0.0352 e. The van der Waals surface area contributed by atoms with Crippen molar-refractivity contribution in [2.24, 2.45) is 41.4 Å². The molecule has 0 bridgehead atoms. The zero-order valence-corrected chi connectivity index (χ0v) is 21.3. The van der Waals surface area contributed by atoms with E-state index in [9.17, 15) is 0 Å². The molecule has 7 atom stereocenters. The van der Waals surface area contributed by atoms with Crippen LogP contribution in [0.4, 0.5) is 0 Å². The van der Waals surface area contributed by atoms with Crippen molar-refractivity contribution < 1.29 is 0 Å². The van der Waals surface area contributed by atoms with Crippen molar-refractivity contribution in [1.29, 1.82) is 0 Å². The van der Waals surface area contributed by atoms with Crippen molar-refractivity contribution in [2.75, 3.05) is 0 Å². The van der Waals surface area contributed by atoms with Crippen LogP contribution in [0.2, 0.25) is 0 Å². The Balaban J connectivity index is 1.37. The molecule has 4 fully saturated rings. The first-order valence-corrected chi connectivity index (χ1v) is 15.4. The SMILES string of the molecule is CCCCCCCCCCC([C@H]1CCC[C@@H]2CCCC[C@@H]21)[C@@H]1CCC[C@H]2CCCC[C@@H]21. The molecule has 0 N–H and O–H groups in total. The monoisotopic (exact) mass is 428 g/mol. The van der Waals surface area contributed by atoms with Gasteiger partial charge in [-0.15, -0.1) is 0 Å². The van der Waals surface area contributed by atoms with Crippen molar-refractivity contribution in [3.63, 3.8) is 0 Å². The molecule has 4 rings (SSSR count). The van der Waals surface area contributed by atoms with Gasteiger partial charge in [-0.05, 0) is 73.5 Å². The lowest BCUT2D eigenvalue weighted by Gasteiger charge is -2.51. The topological polar surface area (TPSA) is 0 Å². The van der Waals surface area contributed by atoms with Gasteiger partial charge < -0.3 is 0 Å². The van der Waals surface area contributed by atoms with E-state index in [2.05, 4.69) is 6.92 Å². The van der Waals surface area contributed by atoms with E-state index in [0.717, 1.165) is 41.4 Å². The molecule has 1 unspecified atom stereocenters. The third-order valence-electron chi connectivity index (χ3n) is 10.8. The Morgan fingerprint density at radius 2 is 0.935 bits per heavy atom. The fourth-order valence-electron chi connectivity index (χ4n) is 9.30. The van der Waals surface area contributed by atoms with Gasteiger partial charge in [0.05, 0.1) is 0 Å². The summed E-state index contributed by atoms with van der Waals surface area (Å²) in [6.07, 6.45) is 35.6. The first kappa shape index (κ1) is 24.1. The molecule has 4 saturated carbocycles.